The van der Waals surface area contributed by atoms with Crippen LogP contribution < -0.4 is 4.57 Å². The number of aromatic nitrogens is 2. The average molecular weight is 241 g/mol. The molecule has 3 heteroatoms. The summed E-state index contributed by atoms with van der Waals surface area (Å²) < 4.78 is 2.22. The molecule has 17 heavy (non-hydrogen) atoms. The Bertz CT molecular complexity index is 686. The Morgan fingerprint density at radius 1 is 1.12 bits per heavy atom. The highest BCUT2D eigenvalue weighted by Gasteiger charge is 2.20. The Morgan fingerprint density at radius 2 is 1.94 bits per heavy atom. The zero-order valence-electron chi connectivity index (χ0n) is 9.84. The fraction of sp³-hybridized carbons (Fsp3) is 0.143. The zero-order valence-corrected chi connectivity index (χ0v) is 10.7. The van der Waals surface area contributed by atoms with E-state index in [1.807, 2.05) is 12.3 Å². The van der Waals surface area contributed by atoms with E-state index in [0.29, 0.717) is 0 Å². The summed E-state index contributed by atoms with van der Waals surface area (Å²) in [5.41, 5.74) is 3.78. The molecule has 0 aliphatic rings. The van der Waals surface area contributed by atoms with Gasteiger partial charge in [0.15, 0.2) is 4.83 Å². The van der Waals surface area contributed by atoms with Crippen LogP contribution in [-0.2, 0) is 7.05 Å². The van der Waals surface area contributed by atoms with Crippen LogP contribution in [0.3, 0.4) is 0 Å². The van der Waals surface area contributed by atoms with Crippen molar-refractivity contribution in [1.29, 1.82) is 0 Å². The summed E-state index contributed by atoms with van der Waals surface area (Å²) >= 11 is 1.74. The van der Waals surface area contributed by atoms with Gasteiger partial charge in [0.1, 0.15) is 7.05 Å². The van der Waals surface area contributed by atoms with Crippen LogP contribution in [0.25, 0.3) is 20.9 Å². The van der Waals surface area contributed by atoms with Crippen LogP contribution in [0.15, 0.2) is 42.6 Å². The van der Waals surface area contributed by atoms with Crippen molar-refractivity contribution in [1.82, 2.24) is 4.98 Å². The number of fused-ring (bicyclic) bond motifs is 1. The first-order valence-corrected chi connectivity index (χ1v) is 6.38. The fourth-order valence-corrected chi connectivity index (χ4v) is 3.21. The monoisotopic (exact) mass is 241 g/mol. The second-order valence-corrected chi connectivity index (χ2v) is 5.09. The van der Waals surface area contributed by atoms with Crippen LogP contribution in [0.2, 0.25) is 0 Å². The van der Waals surface area contributed by atoms with Gasteiger partial charge in [0.25, 0.3) is 5.01 Å². The molecule has 3 aromatic rings. The zero-order chi connectivity index (χ0) is 11.8. The molecule has 0 spiro atoms. The number of nitrogens with zero attached hydrogens (tertiary/aromatic N) is 2. The van der Waals surface area contributed by atoms with Crippen LogP contribution in [0.5, 0.6) is 0 Å². The van der Waals surface area contributed by atoms with E-state index in [2.05, 4.69) is 53.9 Å². The Hall–Kier alpha value is -1.74. The van der Waals surface area contributed by atoms with E-state index < -0.39 is 0 Å². The number of hydrogen-bond donors (Lipinski definition) is 0. The first kappa shape index (κ1) is 10.4. The molecule has 0 saturated carbocycles. The standard InChI is InChI=1S/C14H13N2S/c1-10-6-3-4-7-11(10)14-16(2)12-8-5-9-15-13(12)17-14/h3-9H,1-2H3/q+1. The molecule has 0 bridgehead atoms. The summed E-state index contributed by atoms with van der Waals surface area (Å²) in [5.74, 6) is 0. The van der Waals surface area contributed by atoms with Gasteiger partial charge in [0, 0.05) is 12.3 Å². The van der Waals surface area contributed by atoms with Gasteiger partial charge in [-0.3, -0.25) is 0 Å². The Balaban J connectivity index is 2.32. The van der Waals surface area contributed by atoms with Crippen LogP contribution in [0.1, 0.15) is 5.56 Å². The van der Waals surface area contributed by atoms with Crippen LogP contribution in [-0.4, -0.2) is 4.98 Å². The van der Waals surface area contributed by atoms with Crippen molar-refractivity contribution in [2.45, 2.75) is 6.92 Å². The summed E-state index contributed by atoms with van der Waals surface area (Å²) in [4.78, 5) is 5.51. The minimum atomic E-state index is 1.09. The topological polar surface area (TPSA) is 16.8 Å². The number of thiazole rings is 1. The van der Waals surface area contributed by atoms with Crippen molar-refractivity contribution in [3.8, 4) is 10.6 Å². The molecule has 1 aromatic carbocycles. The minimum Gasteiger partial charge on any atom is -0.239 e. The number of aryl methyl sites for hydroxylation is 2. The lowest BCUT2D eigenvalue weighted by Crippen LogP contribution is -2.28. The molecule has 0 fully saturated rings. The van der Waals surface area contributed by atoms with Gasteiger partial charge in [-0.15, -0.1) is 0 Å². The molecule has 0 atom stereocenters. The summed E-state index contributed by atoms with van der Waals surface area (Å²) in [6.45, 7) is 2.15. The summed E-state index contributed by atoms with van der Waals surface area (Å²) in [5, 5.41) is 1.26. The number of pyridine rings is 1. The maximum absolute atomic E-state index is 4.42. The van der Waals surface area contributed by atoms with E-state index in [4.69, 9.17) is 0 Å². The lowest BCUT2D eigenvalue weighted by atomic mass is 10.1. The molecule has 2 aromatic heterocycles. The maximum atomic E-state index is 4.42. The van der Waals surface area contributed by atoms with E-state index in [0.717, 1.165) is 4.83 Å². The molecule has 0 saturated heterocycles. The maximum Gasteiger partial charge on any atom is 0.271 e. The van der Waals surface area contributed by atoms with E-state index in [9.17, 15) is 0 Å². The Labute approximate surface area is 104 Å². The molecule has 0 radical (unpaired) electrons. The molecule has 0 aliphatic heterocycles. The van der Waals surface area contributed by atoms with Gasteiger partial charge in [-0.25, -0.2) is 4.98 Å². The van der Waals surface area contributed by atoms with E-state index >= 15 is 0 Å². The predicted octanol–water partition coefficient (Wildman–Crippen LogP) is 3.10. The van der Waals surface area contributed by atoms with Gasteiger partial charge in [-0.2, -0.15) is 4.57 Å². The highest BCUT2D eigenvalue weighted by Crippen LogP contribution is 2.28. The molecular formula is C14H13N2S+. The third-order valence-corrected chi connectivity index (χ3v) is 4.18. The van der Waals surface area contributed by atoms with Crippen molar-refractivity contribution < 1.29 is 4.57 Å². The first-order valence-electron chi connectivity index (χ1n) is 5.57. The van der Waals surface area contributed by atoms with Gasteiger partial charge < -0.3 is 0 Å². The molecular weight excluding hydrogens is 228 g/mol. The SMILES string of the molecule is Cc1ccccc1-c1sc2ncccc2[n+]1C. The van der Waals surface area contributed by atoms with Crippen molar-refractivity contribution in [2.24, 2.45) is 7.05 Å². The summed E-state index contributed by atoms with van der Waals surface area (Å²) in [7, 11) is 2.10. The predicted molar refractivity (Wildman–Crippen MR) is 71.0 cm³/mol. The number of hydrogen-bond acceptors (Lipinski definition) is 2. The highest BCUT2D eigenvalue weighted by atomic mass is 32.1. The quantitative estimate of drug-likeness (QED) is 0.598. The van der Waals surface area contributed by atoms with Crippen molar-refractivity contribution in [3.05, 3.63) is 48.2 Å². The lowest BCUT2D eigenvalue weighted by Gasteiger charge is -1.98. The smallest absolute Gasteiger partial charge is 0.239 e. The second kappa shape index (κ2) is 3.93. The average Bonchev–Trinajstić information content (AvgIpc) is 2.68. The third-order valence-electron chi connectivity index (χ3n) is 2.99. The minimum absolute atomic E-state index is 1.09. The summed E-state index contributed by atoms with van der Waals surface area (Å²) in [6, 6.07) is 12.6. The summed E-state index contributed by atoms with van der Waals surface area (Å²) in [6.07, 6.45) is 1.85. The van der Waals surface area contributed by atoms with Crippen molar-refractivity contribution in [3.63, 3.8) is 0 Å². The molecule has 3 rings (SSSR count). The van der Waals surface area contributed by atoms with Crippen molar-refractivity contribution >= 4 is 21.7 Å². The molecule has 0 N–H and O–H groups in total. The van der Waals surface area contributed by atoms with E-state index in [1.54, 1.807) is 11.3 Å². The molecule has 0 unspecified atom stereocenters. The molecule has 2 heterocycles. The van der Waals surface area contributed by atoms with Crippen LogP contribution >= 0.6 is 11.3 Å². The number of rotatable bonds is 1. The van der Waals surface area contributed by atoms with Gasteiger partial charge >= 0.3 is 0 Å². The van der Waals surface area contributed by atoms with Gasteiger partial charge in [-0.1, -0.05) is 18.2 Å². The molecule has 84 valence electrons. The third kappa shape index (κ3) is 1.63. The lowest BCUT2D eigenvalue weighted by molar-refractivity contribution is -0.629. The molecule has 0 aliphatic carbocycles. The molecule has 2 nitrogen and oxygen atoms in total. The normalized spacial score (nSPS) is 10.9. The van der Waals surface area contributed by atoms with Crippen LogP contribution in [0.4, 0.5) is 0 Å². The Morgan fingerprint density at radius 3 is 2.71 bits per heavy atom. The van der Waals surface area contributed by atoms with E-state index in [1.165, 1.54) is 21.7 Å². The Kier molecular flexibility index (Phi) is 2.41. The largest absolute Gasteiger partial charge is 0.271 e. The highest BCUT2D eigenvalue weighted by molar-refractivity contribution is 7.20. The van der Waals surface area contributed by atoms with Crippen LogP contribution in [0, 0.1) is 6.92 Å². The molecule has 0 amide bonds. The van der Waals surface area contributed by atoms with Gasteiger partial charge in [0.2, 0.25) is 5.52 Å². The first-order chi connectivity index (χ1) is 8.27. The fourth-order valence-electron chi connectivity index (χ4n) is 2.03. The van der Waals surface area contributed by atoms with Gasteiger partial charge in [0.05, 0.1) is 5.56 Å². The number of benzene rings is 1. The second-order valence-electron chi connectivity index (χ2n) is 4.11. The van der Waals surface area contributed by atoms with Crippen molar-refractivity contribution in [2.75, 3.05) is 0 Å². The van der Waals surface area contributed by atoms with Gasteiger partial charge in [-0.05, 0) is 36.0 Å². The van der Waals surface area contributed by atoms with E-state index in [-0.39, 0.29) is 0 Å².